The van der Waals surface area contributed by atoms with Crippen molar-refractivity contribution in [1.29, 1.82) is 0 Å². The van der Waals surface area contributed by atoms with Gasteiger partial charge in [0.05, 0.1) is 11.3 Å². The molecule has 21 heavy (non-hydrogen) atoms. The molecule has 5 nitrogen and oxygen atoms in total. The number of hydrogen-bond donors (Lipinski definition) is 2. The highest BCUT2D eigenvalue weighted by atomic mass is 35.5. The summed E-state index contributed by atoms with van der Waals surface area (Å²) in [7, 11) is 0. The Labute approximate surface area is 128 Å². The van der Waals surface area contributed by atoms with Crippen molar-refractivity contribution < 1.29 is 14.7 Å². The zero-order valence-corrected chi connectivity index (χ0v) is 12.9. The van der Waals surface area contributed by atoms with E-state index in [4.69, 9.17) is 11.6 Å². The number of amides is 2. The predicted octanol–water partition coefficient (Wildman–Crippen LogP) is 3.69. The van der Waals surface area contributed by atoms with Gasteiger partial charge in [-0.25, -0.2) is 9.59 Å². The summed E-state index contributed by atoms with van der Waals surface area (Å²) >= 11 is 5.80. The summed E-state index contributed by atoms with van der Waals surface area (Å²) in [6.45, 7) is 4.60. The fourth-order valence-corrected chi connectivity index (χ4v) is 2.27. The summed E-state index contributed by atoms with van der Waals surface area (Å²) in [6.07, 6.45) is 2.30. The van der Waals surface area contributed by atoms with Crippen LogP contribution < -0.4 is 5.32 Å². The number of hydrogen-bond acceptors (Lipinski definition) is 2. The minimum absolute atomic E-state index is 0.00835. The lowest BCUT2D eigenvalue weighted by Gasteiger charge is -2.27. The molecular formula is C15H19ClN2O3. The number of anilines is 1. The third kappa shape index (κ3) is 4.11. The average Bonchev–Trinajstić information content (AvgIpc) is 3.21. The van der Waals surface area contributed by atoms with Crippen LogP contribution in [0.1, 0.15) is 37.0 Å². The molecule has 2 N–H and O–H groups in total. The topological polar surface area (TPSA) is 69.6 Å². The van der Waals surface area contributed by atoms with Gasteiger partial charge >= 0.3 is 12.0 Å². The van der Waals surface area contributed by atoms with Crippen molar-refractivity contribution in [3.05, 3.63) is 28.8 Å². The normalized spacial score (nSPS) is 14.1. The first kappa shape index (κ1) is 15.6. The number of carboxylic acid groups (broad SMARTS) is 1. The van der Waals surface area contributed by atoms with Crippen molar-refractivity contribution >= 4 is 29.3 Å². The van der Waals surface area contributed by atoms with Crippen LogP contribution in [0, 0.1) is 5.92 Å². The van der Waals surface area contributed by atoms with E-state index in [1.165, 1.54) is 12.1 Å². The first-order valence-corrected chi connectivity index (χ1v) is 7.36. The minimum Gasteiger partial charge on any atom is -0.478 e. The molecular weight excluding hydrogens is 292 g/mol. The number of carbonyl (C=O) groups is 2. The van der Waals surface area contributed by atoms with Crippen LogP contribution in [-0.4, -0.2) is 34.6 Å². The number of benzene rings is 1. The zero-order chi connectivity index (χ0) is 15.6. The molecule has 1 aliphatic rings. The van der Waals surface area contributed by atoms with Gasteiger partial charge < -0.3 is 15.3 Å². The van der Waals surface area contributed by atoms with Crippen LogP contribution in [0.25, 0.3) is 0 Å². The van der Waals surface area contributed by atoms with E-state index in [9.17, 15) is 14.7 Å². The number of carboxylic acids is 1. The molecule has 2 rings (SSSR count). The SMILES string of the molecule is CC(C)N(CC1CC1)C(=O)Nc1ccc(Cl)cc1C(=O)O. The van der Waals surface area contributed by atoms with Gasteiger partial charge in [-0.05, 0) is 50.8 Å². The fourth-order valence-electron chi connectivity index (χ4n) is 2.10. The second-order valence-electron chi connectivity index (χ2n) is 5.61. The van der Waals surface area contributed by atoms with Crippen molar-refractivity contribution in [2.24, 2.45) is 5.92 Å². The van der Waals surface area contributed by atoms with E-state index in [-0.39, 0.29) is 23.3 Å². The molecule has 6 heteroatoms. The number of aromatic carboxylic acids is 1. The standard InChI is InChI=1S/C15H19ClN2O3/c1-9(2)18(8-10-3-4-10)15(21)17-13-6-5-11(16)7-12(13)14(19)20/h5-7,9-10H,3-4,8H2,1-2H3,(H,17,21)(H,19,20). The Morgan fingerprint density at radius 1 is 1.43 bits per heavy atom. The number of halogens is 1. The van der Waals surface area contributed by atoms with Gasteiger partial charge in [0.25, 0.3) is 0 Å². The molecule has 0 radical (unpaired) electrons. The van der Waals surface area contributed by atoms with Crippen LogP contribution in [-0.2, 0) is 0 Å². The van der Waals surface area contributed by atoms with E-state index < -0.39 is 5.97 Å². The van der Waals surface area contributed by atoms with E-state index in [1.54, 1.807) is 11.0 Å². The monoisotopic (exact) mass is 310 g/mol. The second-order valence-corrected chi connectivity index (χ2v) is 6.05. The number of carbonyl (C=O) groups excluding carboxylic acids is 1. The van der Waals surface area contributed by atoms with Crippen LogP contribution in [0.3, 0.4) is 0 Å². The van der Waals surface area contributed by atoms with E-state index in [1.807, 2.05) is 13.8 Å². The van der Waals surface area contributed by atoms with Crippen LogP contribution >= 0.6 is 11.6 Å². The first-order valence-electron chi connectivity index (χ1n) is 6.99. The van der Waals surface area contributed by atoms with E-state index in [0.717, 1.165) is 12.8 Å². The minimum atomic E-state index is -1.12. The van der Waals surface area contributed by atoms with E-state index in [0.29, 0.717) is 17.5 Å². The van der Waals surface area contributed by atoms with Gasteiger partial charge in [0.15, 0.2) is 0 Å². The van der Waals surface area contributed by atoms with Crippen LogP contribution in [0.15, 0.2) is 18.2 Å². The molecule has 0 unspecified atom stereocenters. The van der Waals surface area contributed by atoms with E-state index in [2.05, 4.69) is 5.32 Å². The molecule has 114 valence electrons. The molecule has 1 aliphatic carbocycles. The zero-order valence-electron chi connectivity index (χ0n) is 12.1. The Hall–Kier alpha value is -1.75. The van der Waals surface area contributed by atoms with Gasteiger partial charge in [-0.2, -0.15) is 0 Å². The third-order valence-corrected chi connectivity index (χ3v) is 3.72. The lowest BCUT2D eigenvalue weighted by Crippen LogP contribution is -2.41. The van der Waals surface area contributed by atoms with Crippen LogP contribution in [0.5, 0.6) is 0 Å². The van der Waals surface area contributed by atoms with Gasteiger partial charge in [-0.15, -0.1) is 0 Å². The first-order chi connectivity index (χ1) is 9.88. The summed E-state index contributed by atoms with van der Waals surface area (Å²) in [5.74, 6) is -0.548. The van der Waals surface area contributed by atoms with Crippen molar-refractivity contribution in [3.8, 4) is 0 Å². The highest BCUT2D eigenvalue weighted by Crippen LogP contribution is 2.30. The maximum Gasteiger partial charge on any atom is 0.337 e. The van der Waals surface area contributed by atoms with E-state index >= 15 is 0 Å². The number of urea groups is 1. The molecule has 0 atom stereocenters. The molecule has 0 aromatic heterocycles. The summed E-state index contributed by atoms with van der Waals surface area (Å²) in [4.78, 5) is 25.3. The molecule has 0 aliphatic heterocycles. The molecule has 1 saturated carbocycles. The summed E-state index contributed by atoms with van der Waals surface area (Å²) in [5.41, 5.74) is 0.254. The molecule has 1 aromatic rings. The van der Waals surface area contributed by atoms with Gasteiger partial charge in [0.1, 0.15) is 0 Å². The van der Waals surface area contributed by atoms with Crippen LogP contribution in [0.2, 0.25) is 5.02 Å². The second kappa shape index (κ2) is 6.35. The average molecular weight is 311 g/mol. The molecule has 2 amide bonds. The highest BCUT2D eigenvalue weighted by molar-refractivity contribution is 6.31. The molecule has 1 fully saturated rings. The summed E-state index contributed by atoms with van der Waals surface area (Å²) in [6, 6.07) is 4.19. The van der Waals surface area contributed by atoms with Gasteiger partial charge in [0.2, 0.25) is 0 Å². The highest BCUT2D eigenvalue weighted by Gasteiger charge is 2.28. The Morgan fingerprint density at radius 3 is 2.62 bits per heavy atom. The number of rotatable bonds is 5. The van der Waals surface area contributed by atoms with Crippen molar-refractivity contribution in [3.63, 3.8) is 0 Å². The molecule has 0 bridgehead atoms. The molecule has 1 aromatic carbocycles. The third-order valence-electron chi connectivity index (χ3n) is 3.49. The van der Waals surface area contributed by atoms with Crippen molar-refractivity contribution in [2.45, 2.75) is 32.7 Å². The predicted molar refractivity (Wildman–Crippen MR) is 82.0 cm³/mol. The number of nitrogens with one attached hydrogen (secondary N) is 1. The fraction of sp³-hybridized carbons (Fsp3) is 0.467. The Balaban J connectivity index is 2.15. The van der Waals surface area contributed by atoms with Crippen LogP contribution in [0.4, 0.5) is 10.5 Å². The quantitative estimate of drug-likeness (QED) is 0.871. The molecule has 0 saturated heterocycles. The summed E-state index contributed by atoms with van der Waals surface area (Å²) < 4.78 is 0. The smallest absolute Gasteiger partial charge is 0.337 e. The maximum atomic E-state index is 12.4. The molecule has 0 heterocycles. The van der Waals surface area contributed by atoms with Gasteiger partial charge in [-0.1, -0.05) is 11.6 Å². The summed E-state index contributed by atoms with van der Waals surface area (Å²) in [5, 5.41) is 12.2. The Bertz CT molecular complexity index is 556. The number of nitrogens with zero attached hydrogens (tertiary/aromatic N) is 1. The Morgan fingerprint density at radius 2 is 2.10 bits per heavy atom. The maximum absolute atomic E-state index is 12.4. The largest absolute Gasteiger partial charge is 0.478 e. The molecule has 0 spiro atoms. The van der Waals surface area contributed by atoms with Gasteiger partial charge in [0, 0.05) is 17.6 Å². The van der Waals surface area contributed by atoms with Gasteiger partial charge in [-0.3, -0.25) is 0 Å². The Kier molecular flexibility index (Phi) is 4.73. The lowest BCUT2D eigenvalue weighted by atomic mass is 10.2. The lowest BCUT2D eigenvalue weighted by molar-refractivity contribution is 0.0698. The van der Waals surface area contributed by atoms with Crippen molar-refractivity contribution in [2.75, 3.05) is 11.9 Å². The van der Waals surface area contributed by atoms with Crippen molar-refractivity contribution in [1.82, 2.24) is 4.90 Å².